The summed E-state index contributed by atoms with van der Waals surface area (Å²) in [4.78, 5) is 2.51. The molecule has 2 aliphatic rings. The number of nitrogens with one attached hydrogen (secondary N) is 1. The van der Waals surface area contributed by atoms with Crippen LogP contribution in [0.2, 0.25) is 0 Å². The van der Waals surface area contributed by atoms with Gasteiger partial charge in [-0.1, -0.05) is 0 Å². The first-order valence-corrected chi connectivity index (χ1v) is 6.31. The van der Waals surface area contributed by atoms with E-state index in [4.69, 9.17) is 9.47 Å². The highest BCUT2D eigenvalue weighted by Crippen LogP contribution is 2.15. The maximum Gasteiger partial charge on any atom is 0.0711 e. The van der Waals surface area contributed by atoms with Crippen LogP contribution in [0, 0.1) is 0 Å². The van der Waals surface area contributed by atoms with Gasteiger partial charge in [0.05, 0.1) is 18.3 Å². The lowest BCUT2D eigenvalue weighted by Crippen LogP contribution is -2.49. The molecule has 0 aromatic rings. The number of nitrogens with zero attached hydrogens (tertiary/aromatic N) is 1. The van der Waals surface area contributed by atoms with Gasteiger partial charge in [0, 0.05) is 39.3 Å². The fourth-order valence-corrected chi connectivity index (χ4v) is 2.85. The van der Waals surface area contributed by atoms with Gasteiger partial charge in [-0.3, -0.25) is 4.90 Å². The monoisotopic (exact) mass is 228 g/mol. The summed E-state index contributed by atoms with van der Waals surface area (Å²) in [7, 11) is 1.80. The van der Waals surface area contributed by atoms with Crippen LogP contribution in [-0.2, 0) is 9.47 Å². The first-order valence-electron chi connectivity index (χ1n) is 6.31. The van der Waals surface area contributed by atoms with E-state index in [2.05, 4.69) is 24.1 Å². The molecule has 0 aromatic carbocycles. The third kappa shape index (κ3) is 3.17. The molecule has 0 radical (unpaired) electrons. The molecule has 16 heavy (non-hydrogen) atoms. The zero-order valence-electron chi connectivity index (χ0n) is 10.6. The van der Waals surface area contributed by atoms with Gasteiger partial charge in [-0.2, -0.15) is 0 Å². The molecule has 0 saturated carbocycles. The quantitative estimate of drug-likeness (QED) is 0.761. The van der Waals surface area contributed by atoms with Crippen LogP contribution in [0.5, 0.6) is 0 Å². The van der Waals surface area contributed by atoms with Crippen molar-refractivity contribution in [1.82, 2.24) is 10.2 Å². The predicted molar refractivity (Wildman–Crippen MR) is 63.7 cm³/mol. The summed E-state index contributed by atoms with van der Waals surface area (Å²) in [6.45, 7) is 8.54. The molecule has 2 heterocycles. The number of hydrogen-bond acceptors (Lipinski definition) is 4. The summed E-state index contributed by atoms with van der Waals surface area (Å²) >= 11 is 0. The summed E-state index contributed by atoms with van der Waals surface area (Å²) in [5.41, 5.74) is 0. The van der Waals surface area contributed by atoms with Crippen LogP contribution >= 0.6 is 0 Å². The Labute approximate surface area is 98.3 Å². The van der Waals surface area contributed by atoms with E-state index < -0.39 is 0 Å². The highest BCUT2D eigenvalue weighted by atomic mass is 16.5. The molecule has 0 aromatic heterocycles. The van der Waals surface area contributed by atoms with Crippen molar-refractivity contribution in [2.75, 3.05) is 33.3 Å². The zero-order valence-corrected chi connectivity index (χ0v) is 10.6. The van der Waals surface area contributed by atoms with Crippen LogP contribution in [-0.4, -0.2) is 62.5 Å². The molecule has 94 valence electrons. The SMILES string of the molecule is COC1CNC(CN2CC(C)OC(C)C2)C1. The molecule has 4 nitrogen and oxygen atoms in total. The zero-order chi connectivity index (χ0) is 11.5. The molecule has 4 unspecified atom stereocenters. The average Bonchev–Trinajstić information content (AvgIpc) is 2.64. The van der Waals surface area contributed by atoms with Crippen LogP contribution in [0.4, 0.5) is 0 Å². The second-order valence-electron chi connectivity index (χ2n) is 5.17. The average molecular weight is 228 g/mol. The number of ether oxygens (including phenoxy) is 2. The summed E-state index contributed by atoms with van der Waals surface area (Å²) in [6.07, 6.45) is 2.27. The summed E-state index contributed by atoms with van der Waals surface area (Å²) in [5, 5.41) is 3.53. The molecular formula is C12H24N2O2. The smallest absolute Gasteiger partial charge is 0.0711 e. The third-order valence-corrected chi connectivity index (χ3v) is 3.49. The number of methoxy groups -OCH3 is 1. The molecular weight excluding hydrogens is 204 g/mol. The van der Waals surface area contributed by atoms with Crippen LogP contribution in [0.1, 0.15) is 20.3 Å². The highest BCUT2D eigenvalue weighted by Gasteiger charge is 2.28. The maximum absolute atomic E-state index is 5.74. The molecule has 0 aliphatic carbocycles. The Bertz CT molecular complexity index is 215. The normalized spacial score (nSPS) is 41.4. The second-order valence-corrected chi connectivity index (χ2v) is 5.17. The lowest BCUT2D eigenvalue weighted by Gasteiger charge is -2.36. The van der Waals surface area contributed by atoms with Crippen LogP contribution in [0.25, 0.3) is 0 Å². The van der Waals surface area contributed by atoms with Gasteiger partial charge in [0.1, 0.15) is 0 Å². The standard InChI is InChI=1S/C12H24N2O2/c1-9-6-14(7-10(2)16-9)8-11-4-12(15-3)5-13-11/h9-13H,4-8H2,1-3H3. The van der Waals surface area contributed by atoms with E-state index in [0.717, 1.165) is 32.6 Å². The largest absolute Gasteiger partial charge is 0.380 e. The van der Waals surface area contributed by atoms with Gasteiger partial charge in [-0.25, -0.2) is 0 Å². The van der Waals surface area contributed by atoms with Crippen molar-refractivity contribution in [2.24, 2.45) is 0 Å². The molecule has 2 rings (SSSR count). The Morgan fingerprint density at radius 3 is 2.56 bits per heavy atom. The molecule has 2 fully saturated rings. The second kappa shape index (κ2) is 5.45. The van der Waals surface area contributed by atoms with E-state index in [1.54, 1.807) is 7.11 Å². The fourth-order valence-electron chi connectivity index (χ4n) is 2.85. The summed E-state index contributed by atoms with van der Waals surface area (Å²) in [6, 6.07) is 0.586. The topological polar surface area (TPSA) is 33.7 Å². The number of rotatable bonds is 3. The Hall–Kier alpha value is -0.160. The van der Waals surface area contributed by atoms with Crippen molar-refractivity contribution < 1.29 is 9.47 Å². The minimum absolute atomic E-state index is 0.364. The van der Waals surface area contributed by atoms with Gasteiger partial charge >= 0.3 is 0 Å². The number of hydrogen-bond donors (Lipinski definition) is 1. The molecule has 4 atom stereocenters. The third-order valence-electron chi connectivity index (χ3n) is 3.49. The molecule has 1 N–H and O–H groups in total. The number of morpholine rings is 1. The van der Waals surface area contributed by atoms with Crippen LogP contribution in [0.15, 0.2) is 0 Å². The first kappa shape index (κ1) is 12.3. The van der Waals surface area contributed by atoms with Gasteiger partial charge in [0.25, 0.3) is 0 Å². The van der Waals surface area contributed by atoms with Gasteiger partial charge in [0.15, 0.2) is 0 Å². The Kier molecular flexibility index (Phi) is 4.19. The van der Waals surface area contributed by atoms with E-state index >= 15 is 0 Å². The minimum Gasteiger partial charge on any atom is -0.380 e. The van der Waals surface area contributed by atoms with Crippen molar-refractivity contribution in [3.05, 3.63) is 0 Å². The molecule has 2 aliphatic heterocycles. The van der Waals surface area contributed by atoms with E-state index in [1.807, 2.05) is 0 Å². The summed E-state index contributed by atoms with van der Waals surface area (Å²) in [5.74, 6) is 0. The van der Waals surface area contributed by atoms with Crippen molar-refractivity contribution in [3.8, 4) is 0 Å². The predicted octanol–water partition coefficient (Wildman–Crippen LogP) is 0.473. The minimum atomic E-state index is 0.364. The van der Waals surface area contributed by atoms with Crippen molar-refractivity contribution in [1.29, 1.82) is 0 Å². The molecule has 0 amide bonds. The van der Waals surface area contributed by atoms with Gasteiger partial charge in [-0.15, -0.1) is 0 Å². The van der Waals surface area contributed by atoms with E-state index in [-0.39, 0.29) is 0 Å². The Morgan fingerprint density at radius 1 is 1.31 bits per heavy atom. The highest BCUT2D eigenvalue weighted by molar-refractivity contribution is 4.86. The molecule has 4 heteroatoms. The van der Waals surface area contributed by atoms with Crippen molar-refractivity contribution in [3.63, 3.8) is 0 Å². The van der Waals surface area contributed by atoms with E-state index in [1.165, 1.54) is 0 Å². The molecule has 2 saturated heterocycles. The van der Waals surface area contributed by atoms with Gasteiger partial charge in [-0.05, 0) is 20.3 Å². The van der Waals surface area contributed by atoms with Gasteiger partial charge < -0.3 is 14.8 Å². The van der Waals surface area contributed by atoms with Crippen LogP contribution < -0.4 is 5.32 Å². The van der Waals surface area contributed by atoms with Gasteiger partial charge in [0.2, 0.25) is 0 Å². The van der Waals surface area contributed by atoms with Crippen LogP contribution in [0.3, 0.4) is 0 Å². The van der Waals surface area contributed by atoms with E-state index in [9.17, 15) is 0 Å². The maximum atomic E-state index is 5.74. The Balaban J connectivity index is 1.77. The lowest BCUT2D eigenvalue weighted by molar-refractivity contribution is -0.0696. The van der Waals surface area contributed by atoms with Crippen molar-refractivity contribution >= 4 is 0 Å². The summed E-state index contributed by atoms with van der Waals surface area (Å²) < 4.78 is 11.1. The van der Waals surface area contributed by atoms with E-state index in [0.29, 0.717) is 24.4 Å². The Morgan fingerprint density at radius 2 is 2.00 bits per heavy atom. The fraction of sp³-hybridized carbons (Fsp3) is 1.00. The van der Waals surface area contributed by atoms with Crippen molar-refractivity contribution in [2.45, 2.75) is 44.6 Å². The molecule has 0 bridgehead atoms. The lowest BCUT2D eigenvalue weighted by atomic mass is 10.1. The molecule has 0 spiro atoms. The first-order chi connectivity index (χ1) is 7.67.